The van der Waals surface area contributed by atoms with Gasteiger partial charge in [0, 0.05) is 55.6 Å². The van der Waals surface area contributed by atoms with E-state index in [1.807, 2.05) is 69.0 Å². The van der Waals surface area contributed by atoms with Crippen molar-refractivity contribution in [3.05, 3.63) is 102 Å². The van der Waals surface area contributed by atoms with Crippen molar-refractivity contribution in [2.24, 2.45) is 5.92 Å². The zero-order valence-corrected chi connectivity index (χ0v) is 21.8. The third-order valence-electron chi connectivity index (χ3n) is 7.15. The second-order valence-electron chi connectivity index (χ2n) is 10.2. The molecule has 6 rings (SSSR count). The second kappa shape index (κ2) is 10.1. The van der Waals surface area contributed by atoms with Crippen LogP contribution in [0.25, 0.3) is 28.2 Å². The van der Waals surface area contributed by atoms with Crippen LogP contribution in [0.3, 0.4) is 0 Å². The molecule has 6 nitrogen and oxygen atoms in total. The van der Waals surface area contributed by atoms with Gasteiger partial charge >= 0.3 is 0 Å². The van der Waals surface area contributed by atoms with E-state index in [1.165, 1.54) is 24.1 Å². The predicted octanol–water partition coefficient (Wildman–Crippen LogP) is 6.72. The topological polar surface area (TPSA) is 62.5 Å². The van der Waals surface area contributed by atoms with Crippen LogP contribution in [0.2, 0.25) is 0 Å². The number of benzene rings is 3. The summed E-state index contributed by atoms with van der Waals surface area (Å²) in [6.45, 7) is 0.634. The van der Waals surface area contributed by atoms with E-state index in [0.29, 0.717) is 18.9 Å². The summed E-state index contributed by atoms with van der Waals surface area (Å²) < 4.78 is 2.09. The van der Waals surface area contributed by atoms with Gasteiger partial charge in [0.1, 0.15) is 0 Å². The molecule has 190 valence electrons. The molecule has 38 heavy (non-hydrogen) atoms. The first kappa shape index (κ1) is 23.9. The summed E-state index contributed by atoms with van der Waals surface area (Å²) in [4.78, 5) is 24.4. The zero-order chi connectivity index (χ0) is 26.1. The van der Waals surface area contributed by atoms with Crippen LogP contribution in [0, 0.1) is 5.92 Å². The number of fused-ring (bicyclic) bond motifs is 1. The standard InChI is InChI=1S/C32H31N5O/c1-36(2)27-16-10-23(11-17-27)19-33-31-32-34-20-29(37(32)21-28(35-31)24-6-4-3-5-7-24)25-12-14-26(15-13-25)30(38)18-22-8-9-22/h3-7,10-17,20-22H,8-9,18-19H2,1-2H3,(H,33,35). The Morgan fingerprint density at radius 3 is 2.37 bits per heavy atom. The molecular formula is C32H31N5O. The number of imidazole rings is 1. The summed E-state index contributed by atoms with van der Waals surface area (Å²) in [5.41, 5.74) is 7.74. The molecule has 6 heteroatoms. The number of hydrogen-bond acceptors (Lipinski definition) is 5. The lowest BCUT2D eigenvalue weighted by Crippen LogP contribution is -2.09. The zero-order valence-electron chi connectivity index (χ0n) is 21.8. The first-order valence-corrected chi connectivity index (χ1v) is 13.1. The molecule has 0 radical (unpaired) electrons. The Bertz CT molecular complexity index is 1570. The fraction of sp³-hybridized carbons (Fsp3) is 0.219. The number of aromatic nitrogens is 3. The predicted molar refractivity (Wildman–Crippen MR) is 154 cm³/mol. The number of carbonyl (C=O) groups excluding carboxylic acids is 1. The number of carbonyl (C=O) groups is 1. The third-order valence-corrected chi connectivity index (χ3v) is 7.15. The number of ketones is 1. The maximum Gasteiger partial charge on any atom is 0.180 e. The number of Topliss-reactive ketones (excluding diaryl/α,β-unsaturated/α-hetero) is 1. The number of nitrogens with zero attached hydrogens (tertiary/aromatic N) is 4. The molecule has 0 bridgehead atoms. The summed E-state index contributed by atoms with van der Waals surface area (Å²) in [6, 6.07) is 26.6. The molecule has 1 saturated carbocycles. The van der Waals surface area contributed by atoms with Crippen LogP contribution in [-0.4, -0.2) is 34.2 Å². The van der Waals surface area contributed by atoms with Crippen molar-refractivity contribution in [2.75, 3.05) is 24.3 Å². The molecule has 1 fully saturated rings. The summed E-state index contributed by atoms with van der Waals surface area (Å²) in [6.07, 6.45) is 6.94. The first-order valence-electron chi connectivity index (χ1n) is 13.1. The van der Waals surface area contributed by atoms with E-state index in [2.05, 4.69) is 51.0 Å². The van der Waals surface area contributed by atoms with Gasteiger partial charge < -0.3 is 10.2 Å². The second-order valence-corrected chi connectivity index (χ2v) is 10.2. The van der Waals surface area contributed by atoms with Gasteiger partial charge in [0.05, 0.1) is 17.6 Å². The minimum atomic E-state index is 0.234. The number of rotatable bonds is 9. The van der Waals surface area contributed by atoms with Crippen LogP contribution in [0.1, 0.15) is 35.2 Å². The molecule has 1 N–H and O–H groups in total. The Morgan fingerprint density at radius 1 is 0.947 bits per heavy atom. The molecule has 0 unspecified atom stereocenters. The first-order chi connectivity index (χ1) is 18.5. The molecule has 2 aromatic heterocycles. The van der Waals surface area contributed by atoms with Crippen LogP contribution >= 0.6 is 0 Å². The lowest BCUT2D eigenvalue weighted by atomic mass is 10.0. The molecule has 0 spiro atoms. The quantitative estimate of drug-likeness (QED) is 0.227. The Kier molecular flexibility index (Phi) is 6.38. The van der Waals surface area contributed by atoms with Crippen LogP contribution in [-0.2, 0) is 6.54 Å². The summed E-state index contributed by atoms with van der Waals surface area (Å²) in [5, 5.41) is 3.52. The number of nitrogens with one attached hydrogen (secondary N) is 1. The molecule has 5 aromatic rings. The highest BCUT2D eigenvalue weighted by molar-refractivity contribution is 5.96. The van der Waals surface area contributed by atoms with Crippen LogP contribution in [0.15, 0.2) is 91.3 Å². The SMILES string of the molecule is CN(C)c1ccc(CNc2nc(-c3ccccc3)cn3c(-c4ccc(C(=O)CC5CC5)cc4)cnc23)cc1. The fourth-order valence-electron chi connectivity index (χ4n) is 4.70. The van der Waals surface area contributed by atoms with Gasteiger partial charge in [0.15, 0.2) is 17.2 Å². The molecule has 0 amide bonds. The third kappa shape index (κ3) is 5.02. The molecule has 1 aliphatic rings. The fourth-order valence-corrected chi connectivity index (χ4v) is 4.70. The van der Waals surface area contributed by atoms with Crippen molar-refractivity contribution in [3.8, 4) is 22.5 Å². The van der Waals surface area contributed by atoms with Crippen LogP contribution < -0.4 is 10.2 Å². The Labute approximate surface area is 223 Å². The highest BCUT2D eigenvalue weighted by Crippen LogP contribution is 2.34. The van der Waals surface area contributed by atoms with Gasteiger partial charge in [-0.25, -0.2) is 9.97 Å². The van der Waals surface area contributed by atoms with Crippen molar-refractivity contribution in [1.82, 2.24) is 14.4 Å². The lowest BCUT2D eigenvalue weighted by molar-refractivity contribution is 0.0976. The summed E-state index contributed by atoms with van der Waals surface area (Å²) in [5.74, 6) is 1.55. The molecule has 3 aromatic carbocycles. The van der Waals surface area contributed by atoms with Gasteiger partial charge in [0.25, 0.3) is 0 Å². The van der Waals surface area contributed by atoms with Crippen molar-refractivity contribution in [3.63, 3.8) is 0 Å². The molecule has 1 aliphatic carbocycles. The van der Waals surface area contributed by atoms with Gasteiger partial charge in [-0.15, -0.1) is 0 Å². The Balaban J connectivity index is 1.34. The van der Waals surface area contributed by atoms with Crippen LogP contribution in [0.4, 0.5) is 11.5 Å². The van der Waals surface area contributed by atoms with Crippen molar-refractivity contribution >= 4 is 22.9 Å². The highest BCUT2D eigenvalue weighted by Gasteiger charge is 2.25. The van der Waals surface area contributed by atoms with E-state index in [1.54, 1.807) is 0 Å². The Morgan fingerprint density at radius 2 is 1.68 bits per heavy atom. The average molecular weight is 502 g/mol. The molecular weight excluding hydrogens is 470 g/mol. The largest absolute Gasteiger partial charge is 0.378 e. The normalized spacial score (nSPS) is 13.0. The number of anilines is 2. The van der Waals surface area contributed by atoms with Gasteiger partial charge in [-0.1, -0.05) is 66.7 Å². The van der Waals surface area contributed by atoms with E-state index in [4.69, 9.17) is 9.97 Å². The smallest absolute Gasteiger partial charge is 0.180 e. The maximum atomic E-state index is 12.6. The minimum absolute atomic E-state index is 0.234. The Hall–Kier alpha value is -4.45. The summed E-state index contributed by atoms with van der Waals surface area (Å²) >= 11 is 0. The van der Waals surface area contributed by atoms with Gasteiger partial charge in [-0.05, 0) is 36.5 Å². The van der Waals surface area contributed by atoms with E-state index >= 15 is 0 Å². The molecule has 0 atom stereocenters. The van der Waals surface area contributed by atoms with E-state index in [-0.39, 0.29) is 5.78 Å². The molecule has 0 saturated heterocycles. The minimum Gasteiger partial charge on any atom is -0.378 e. The number of hydrogen-bond donors (Lipinski definition) is 1. The lowest BCUT2D eigenvalue weighted by Gasteiger charge is -2.14. The van der Waals surface area contributed by atoms with Crippen molar-refractivity contribution in [2.45, 2.75) is 25.8 Å². The van der Waals surface area contributed by atoms with Crippen molar-refractivity contribution < 1.29 is 4.79 Å². The van der Waals surface area contributed by atoms with Gasteiger partial charge in [0.2, 0.25) is 0 Å². The average Bonchev–Trinajstić information content (AvgIpc) is 3.67. The van der Waals surface area contributed by atoms with Gasteiger partial charge in [-0.2, -0.15) is 0 Å². The molecule has 0 aliphatic heterocycles. The van der Waals surface area contributed by atoms with Gasteiger partial charge in [-0.3, -0.25) is 9.20 Å². The van der Waals surface area contributed by atoms with Crippen LogP contribution in [0.5, 0.6) is 0 Å². The highest BCUT2D eigenvalue weighted by atomic mass is 16.1. The van der Waals surface area contributed by atoms with E-state index < -0.39 is 0 Å². The maximum absolute atomic E-state index is 12.6. The monoisotopic (exact) mass is 501 g/mol. The van der Waals surface area contributed by atoms with E-state index in [0.717, 1.165) is 39.5 Å². The van der Waals surface area contributed by atoms with Crippen molar-refractivity contribution in [1.29, 1.82) is 0 Å². The van der Waals surface area contributed by atoms with E-state index in [9.17, 15) is 4.79 Å². The summed E-state index contributed by atoms with van der Waals surface area (Å²) in [7, 11) is 4.08. The molecule has 2 heterocycles.